The molecular weight excluding hydrogens is 468 g/mol. The number of fused-ring (bicyclic) bond motifs is 1. The second kappa shape index (κ2) is 10.8. The molecule has 1 amide bonds. The van der Waals surface area contributed by atoms with Gasteiger partial charge < -0.3 is 19.1 Å². The molecule has 0 bridgehead atoms. The lowest BCUT2D eigenvalue weighted by Gasteiger charge is -2.33. The summed E-state index contributed by atoms with van der Waals surface area (Å²) in [4.78, 5) is 39.2. The van der Waals surface area contributed by atoms with Crippen LogP contribution in [0, 0.1) is 0 Å². The number of benzene rings is 1. The van der Waals surface area contributed by atoms with E-state index in [0.29, 0.717) is 35.8 Å². The summed E-state index contributed by atoms with van der Waals surface area (Å²) in [5, 5.41) is 9.37. The van der Waals surface area contributed by atoms with Crippen LogP contribution in [0.2, 0.25) is 0 Å². The van der Waals surface area contributed by atoms with Crippen LogP contribution in [-0.4, -0.2) is 50.9 Å². The number of likely N-dealkylation sites (tertiary alicyclic amines) is 1. The number of piperidine rings is 1. The summed E-state index contributed by atoms with van der Waals surface area (Å²) >= 11 is 0. The number of hydrogen-bond acceptors (Lipinski definition) is 4. The van der Waals surface area contributed by atoms with Crippen LogP contribution in [0.3, 0.4) is 0 Å². The van der Waals surface area contributed by atoms with Gasteiger partial charge in [0.2, 0.25) is 5.78 Å². The predicted molar refractivity (Wildman–Crippen MR) is 143 cm³/mol. The number of carbonyl (C=O) groups excluding carboxylic acids is 2. The first-order valence-corrected chi connectivity index (χ1v) is 13.1. The molecule has 0 saturated carbocycles. The molecule has 3 aromatic rings. The number of ether oxygens (including phenoxy) is 1. The second-order valence-electron chi connectivity index (χ2n) is 10.8. The maximum absolute atomic E-state index is 13.6. The molecule has 1 fully saturated rings. The topological polar surface area (TPSA) is 88.3 Å². The SMILES string of the molecule is CCCCc1cc2cc(C(=O)O)ccn2c1C(=O)c1ccc(C2CCN(C(=O)OC(C)(C)C)CC2)cc1. The number of pyridine rings is 1. The summed E-state index contributed by atoms with van der Waals surface area (Å²) in [5.41, 5.74) is 3.71. The first-order chi connectivity index (χ1) is 17.6. The van der Waals surface area contributed by atoms with Crippen LogP contribution in [0.15, 0.2) is 48.7 Å². The average Bonchev–Trinajstić information content (AvgIpc) is 3.23. The molecule has 1 N–H and O–H groups in total. The van der Waals surface area contributed by atoms with Gasteiger partial charge in [-0.25, -0.2) is 9.59 Å². The zero-order valence-corrected chi connectivity index (χ0v) is 22.1. The minimum atomic E-state index is -0.987. The van der Waals surface area contributed by atoms with E-state index >= 15 is 0 Å². The molecule has 2 aromatic heterocycles. The molecule has 0 atom stereocenters. The van der Waals surface area contributed by atoms with Gasteiger partial charge in [-0.1, -0.05) is 37.6 Å². The van der Waals surface area contributed by atoms with Gasteiger partial charge in [-0.3, -0.25) is 4.79 Å². The Bertz CT molecular complexity index is 1290. The third-order valence-corrected chi connectivity index (χ3v) is 6.90. The Kier molecular flexibility index (Phi) is 7.71. The molecular formula is C30H36N2O5. The van der Waals surface area contributed by atoms with E-state index in [1.807, 2.05) is 51.1 Å². The molecule has 3 heterocycles. The van der Waals surface area contributed by atoms with Crippen LogP contribution in [0.1, 0.15) is 96.8 Å². The highest BCUT2D eigenvalue weighted by atomic mass is 16.6. The van der Waals surface area contributed by atoms with E-state index in [9.17, 15) is 19.5 Å². The van der Waals surface area contributed by atoms with Crippen molar-refractivity contribution in [1.82, 2.24) is 9.30 Å². The fraction of sp³-hybridized carbons (Fsp3) is 0.433. The molecule has 0 unspecified atom stereocenters. The normalized spacial score (nSPS) is 14.6. The zero-order chi connectivity index (χ0) is 26.7. The number of nitrogens with zero attached hydrogens (tertiary/aromatic N) is 2. The van der Waals surface area contributed by atoms with Crippen molar-refractivity contribution in [3.05, 3.63) is 76.6 Å². The first kappa shape index (κ1) is 26.5. The molecule has 0 aliphatic carbocycles. The molecule has 37 heavy (non-hydrogen) atoms. The predicted octanol–water partition coefficient (Wildman–Crippen LogP) is 6.33. The summed E-state index contributed by atoms with van der Waals surface area (Å²) in [5.74, 6) is -0.730. The van der Waals surface area contributed by atoms with E-state index < -0.39 is 11.6 Å². The number of aromatic carboxylic acids is 1. The Morgan fingerprint density at radius 1 is 1.00 bits per heavy atom. The van der Waals surface area contributed by atoms with Crippen molar-refractivity contribution in [2.24, 2.45) is 0 Å². The van der Waals surface area contributed by atoms with Gasteiger partial charge in [-0.15, -0.1) is 0 Å². The van der Waals surface area contributed by atoms with Crippen molar-refractivity contribution in [2.45, 2.75) is 71.3 Å². The number of rotatable bonds is 7. The van der Waals surface area contributed by atoms with Crippen LogP contribution in [0.5, 0.6) is 0 Å². The third-order valence-electron chi connectivity index (χ3n) is 6.90. The highest BCUT2D eigenvalue weighted by Gasteiger charge is 2.28. The van der Waals surface area contributed by atoms with Gasteiger partial charge in [-0.2, -0.15) is 0 Å². The maximum atomic E-state index is 13.6. The molecule has 1 aliphatic rings. The minimum Gasteiger partial charge on any atom is -0.478 e. The Morgan fingerprint density at radius 2 is 1.68 bits per heavy atom. The number of amides is 1. The standard InChI is InChI=1S/C30H36N2O5/c1-5-6-7-23-18-25-19-24(28(34)35)14-17-32(25)26(23)27(33)22-10-8-20(9-11-22)21-12-15-31(16-13-21)29(36)37-30(2,3)4/h8-11,14,17-19,21H,5-7,12-13,15-16H2,1-4H3,(H,34,35). The molecule has 0 spiro atoms. The Balaban J connectivity index is 1.51. The highest BCUT2D eigenvalue weighted by molar-refractivity contribution is 6.09. The van der Waals surface area contributed by atoms with E-state index in [2.05, 4.69) is 6.92 Å². The second-order valence-corrected chi connectivity index (χ2v) is 10.8. The van der Waals surface area contributed by atoms with Crippen LogP contribution < -0.4 is 0 Å². The van der Waals surface area contributed by atoms with E-state index in [0.717, 1.165) is 43.2 Å². The van der Waals surface area contributed by atoms with Crippen molar-refractivity contribution >= 4 is 23.4 Å². The van der Waals surface area contributed by atoms with Gasteiger partial charge in [0.15, 0.2) is 0 Å². The van der Waals surface area contributed by atoms with Crippen molar-refractivity contribution < 1.29 is 24.2 Å². The number of hydrogen-bond donors (Lipinski definition) is 1. The summed E-state index contributed by atoms with van der Waals surface area (Å²) in [6.07, 6.45) is 5.82. The smallest absolute Gasteiger partial charge is 0.410 e. The maximum Gasteiger partial charge on any atom is 0.410 e. The van der Waals surface area contributed by atoms with Gasteiger partial charge in [0.1, 0.15) is 5.60 Å². The number of carboxylic acids is 1. The monoisotopic (exact) mass is 504 g/mol. The van der Waals surface area contributed by atoms with E-state index in [4.69, 9.17) is 4.74 Å². The molecule has 7 heteroatoms. The molecule has 196 valence electrons. The van der Waals surface area contributed by atoms with Crippen molar-refractivity contribution in [3.8, 4) is 0 Å². The summed E-state index contributed by atoms with van der Waals surface area (Å²) < 4.78 is 7.30. The van der Waals surface area contributed by atoms with E-state index in [1.54, 1.807) is 21.6 Å². The summed E-state index contributed by atoms with van der Waals surface area (Å²) in [6, 6.07) is 12.9. The molecule has 7 nitrogen and oxygen atoms in total. The quantitative estimate of drug-likeness (QED) is 0.380. The fourth-order valence-electron chi connectivity index (χ4n) is 4.95. The van der Waals surface area contributed by atoms with Gasteiger partial charge in [0.05, 0.1) is 11.3 Å². The lowest BCUT2D eigenvalue weighted by molar-refractivity contribution is 0.0204. The average molecular weight is 505 g/mol. The zero-order valence-electron chi connectivity index (χ0n) is 22.1. The van der Waals surface area contributed by atoms with Crippen molar-refractivity contribution in [1.29, 1.82) is 0 Å². The molecule has 1 saturated heterocycles. The summed E-state index contributed by atoms with van der Waals surface area (Å²) in [7, 11) is 0. The molecule has 1 aromatic carbocycles. The molecule has 0 radical (unpaired) electrons. The number of carbonyl (C=O) groups is 3. The third kappa shape index (κ3) is 6.04. The Morgan fingerprint density at radius 3 is 2.27 bits per heavy atom. The van der Waals surface area contributed by atoms with Gasteiger partial charge in [0, 0.05) is 30.4 Å². The van der Waals surface area contributed by atoms with E-state index in [-0.39, 0.29) is 17.4 Å². The van der Waals surface area contributed by atoms with Crippen LogP contribution in [0.25, 0.3) is 5.52 Å². The van der Waals surface area contributed by atoms with Gasteiger partial charge in [-0.05, 0) is 81.7 Å². The molecule has 4 rings (SSSR count). The Hall–Kier alpha value is -3.61. The van der Waals surface area contributed by atoms with E-state index in [1.165, 1.54) is 6.07 Å². The summed E-state index contributed by atoms with van der Waals surface area (Å²) in [6.45, 7) is 9.02. The lowest BCUT2D eigenvalue weighted by Crippen LogP contribution is -2.41. The Labute approximate surface area is 218 Å². The van der Waals surface area contributed by atoms with Crippen molar-refractivity contribution in [3.63, 3.8) is 0 Å². The fourth-order valence-corrected chi connectivity index (χ4v) is 4.95. The number of aryl methyl sites for hydroxylation is 1. The highest BCUT2D eigenvalue weighted by Crippen LogP contribution is 2.30. The van der Waals surface area contributed by atoms with Gasteiger partial charge >= 0.3 is 12.1 Å². The van der Waals surface area contributed by atoms with Crippen LogP contribution in [-0.2, 0) is 11.2 Å². The molecule has 1 aliphatic heterocycles. The number of ketones is 1. The number of unbranched alkanes of at least 4 members (excludes halogenated alkanes) is 1. The van der Waals surface area contributed by atoms with Gasteiger partial charge in [0.25, 0.3) is 0 Å². The van der Waals surface area contributed by atoms with Crippen LogP contribution in [0.4, 0.5) is 4.79 Å². The number of aromatic nitrogens is 1. The number of carboxylic acid groups (broad SMARTS) is 1. The first-order valence-electron chi connectivity index (χ1n) is 13.1. The lowest BCUT2D eigenvalue weighted by atomic mass is 9.88. The largest absolute Gasteiger partial charge is 0.478 e. The van der Waals surface area contributed by atoms with Crippen molar-refractivity contribution in [2.75, 3.05) is 13.1 Å². The minimum absolute atomic E-state index is 0.0690. The van der Waals surface area contributed by atoms with Crippen LogP contribution >= 0.6 is 0 Å².